The van der Waals surface area contributed by atoms with E-state index < -0.39 is 5.97 Å². The highest BCUT2D eigenvalue weighted by atomic mass is 79.9. The lowest BCUT2D eigenvalue weighted by Gasteiger charge is -1.97. The van der Waals surface area contributed by atoms with Gasteiger partial charge in [-0.1, -0.05) is 15.9 Å². The van der Waals surface area contributed by atoms with Crippen molar-refractivity contribution in [3.05, 3.63) is 28.2 Å². The van der Waals surface area contributed by atoms with Crippen molar-refractivity contribution in [2.75, 3.05) is 0 Å². The van der Waals surface area contributed by atoms with Crippen LogP contribution in [0.4, 0.5) is 0 Å². The van der Waals surface area contributed by atoms with E-state index in [4.69, 9.17) is 15.0 Å². The third-order valence-corrected chi connectivity index (χ3v) is 1.68. The number of aromatic carboxylic acids is 1. The molecule has 0 atom stereocenters. The third kappa shape index (κ3) is 3.25. The first-order valence-electron chi connectivity index (χ1n) is 3.12. The number of carboxylic acids is 1. The van der Waals surface area contributed by atoms with E-state index in [1.165, 1.54) is 12.1 Å². The number of hydrogen-bond acceptors (Lipinski definition) is 3. The molecule has 70 valence electrons. The number of carbonyl (C=O) groups excluding carboxylic acids is 1. The smallest absolute Gasteiger partial charge is 0.339 e. The van der Waals surface area contributed by atoms with E-state index in [0.29, 0.717) is 4.47 Å². The van der Waals surface area contributed by atoms with Crippen molar-refractivity contribution in [2.45, 2.75) is 0 Å². The molecule has 0 aromatic heterocycles. The lowest BCUT2D eigenvalue weighted by atomic mass is 10.2. The molecule has 0 saturated carbocycles. The molecule has 0 unspecified atom stereocenters. The average Bonchev–Trinajstić information content (AvgIpc) is 2.12. The van der Waals surface area contributed by atoms with Gasteiger partial charge in [-0.15, -0.1) is 0 Å². The predicted octanol–water partition coefficient (Wildman–Crippen LogP) is 1.67. The van der Waals surface area contributed by atoms with Crippen LogP contribution in [-0.2, 0) is 4.79 Å². The Morgan fingerprint density at radius 2 is 1.92 bits per heavy atom. The quantitative estimate of drug-likeness (QED) is 0.791. The third-order valence-electron chi connectivity index (χ3n) is 1.19. The molecule has 0 aliphatic heterocycles. The normalized spacial score (nSPS) is 8.38. The Morgan fingerprint density at radius 1 is 1.38 bits per heavy atom. The van der Waals surface area contributed by atoms with Crippen molar-refractivity contribution in [2.24, 2.45) is 0 Å². The number of aromatic hydroxyl groups is 1. The van der Waals surface area contributed by atoms with Crippen LogP contribution in [0.25, 0.3) is 0 Å². The summed E-state index contributed by atoms with van der Waals surface area (Å²) in [5, 5.41) is 17.5. The summed E-state index contributed by atoms with van der Waals surface area (Å²) in [6.45, 7) is 2.00. The van der Waals surface area contributed by atoms with Crippen LogP contribution in [0.2, 0.25) is 0 Å². The Balaban J connectivity index is 0.000000671. The van der Waals surface area contributed by atoms with Crippen LogP contribution in [-0.4, -0.2) is 23.0 Å². The summed E-state index contributed by atoms with van der Waals surface area (Å²) in [5.41, 5.74) is -0.0978. The van der Waals surface area contributed by atoms with Crippen molar-refractivity contribution in [1.82, 2.24) is 0 Å². The highest BCUT2D eigenvalue weighted by Crippen LogP contribution is 2.21. The summed E-state index contributed by atoms with van der Waals surface area (Å²) in [5.74, 6) is -1.36. The molecule has 5 heteroatoms. The molecule has 13 heavy (non-hydrogen) atoms. The number of rotatable bonds is 1. The van der Waals surface area contributed by atoms with E-state index in [1.807, 2.05) is 6.79 Å². The van der Waals surface area contributed by atoms with Gasteiger partial charge in [-0.3, -0.25) is 0 Å². The lowest BCUT2D eigenvalue weighted by molar-refractivity contribution is -0.0980. The van der Waals surface area contributed by atoms with Crippen molar-refractivity contribution in [3.63, 3.8) is 0 Å². The first kappa shape index (κ1) is 11.6. The second kappa shape index (κ2) is 5.31. The second-order valence-corrected chi connectivity index (χ2v) is 2.88. The highest BCUT2D eigenvalue weighted by molar-refractivity contribution is 9.10. The monoisotopic (exact) mass is 246 g/mol. The zero-order valence-corrected chi connectivity index (χ0v) is 8.11. The van der Waals surface area contributed by atoms with Crippen LogP contribution in [0.15, 0.2) is 22.7 Å². The Morgan fingerprint density at radius 3 is 2.31 bits per heavy atom. The summed E-state index contributed by atoms with van der Waals surface area (Å²) in [6.07, 6.45) is 0. The van der Waals surface area contributed by atoms with Crippen LogP contribution in [0.1, 0.15) is 10.4 Å². The van der Waals surface area contributed by atoms with Crippen LogP contribution in [0.5, 0.6) is 5.75 Å². The fraction of sp³-hybridized carbons (Fsp3) is 0. The molecule has 0 fully saturated rings. The minimum atomic E-state index is -1.14. The number of carboxylic acid groups (broad SMARTS) is 1. The Bertz CT molecular complexity index is 311. The fourth-order valence-electron chi connectivity index (χ4n) is 0.680. The Labute approximate surface area is 82.9 Å². The molecule has 0 aliphatic rings. The zero-order valence-electron chi connectivity index (χ0n) is 6.53. The summed E-state index contributed by atoms with van der Waals surface area (Å²) in [7, 11) is 0. The first-order chi connectivity index (χ1) is 6.11. The molecule has 0 saturated heterocycles. The lowest BCUT2D eigenvalue weighted by Crippen LogP contribution is -1.95. The molecule has 0 aliphatic carbocycles. The van der Waals surface area contributed by atoms with Gasteiger partial charge in [-0.05, 0) is 18.2 Å². The number of halogens is 1. The van der Waals surface area contributed by atoms with Crippen LogP contribution >= 0.6 is 15.9 Å². The molecule has 0 spiro atoms. The van der Waals surface area contributed by atoms with Crippen molar-refractivity contribution < 1.29 is 19.8 Å². The topological polar surface area (TPSA) is 74.6 Å². The standard InChI is InChI=1S/C7H5BrO3.CH2O/c8-4-1-2-6(9)5(3-4)7(10)11;1-2/h1-3,9H,(H,10,11);1H2. The summed E-state index contributed by atoms with van der Waals surface area (Å²) in [6, 6.07) is 4.24. The van der Waals surface area contributed by atoms with Crippen LogP contribution < -0.4 is 0 Å². The van der Waals surface area contributed by atoms with Crippen molar-refractivity contribution in [3.8, 4) is 5.75 Å². The van der Waals surface area contributed by atoms with E-state index in [1.54, 1.807) is 6.07 Å². The number of phenols is 1. The SMILES string of the molecule is C=O.O=C(O)c1cc(Br)ccc1O. The Hall–Kier alpha value is -1.36. The van der Waals surface area contributed by atoms with Gasteiger partial charge in [0.2, 0.25) is 0 Å². The highest BCUT2D eigenvalue weighted by Gasteiger charge is 2.08. The molecular weight excluding hydrogens is 240 g/mol. The van der Waals surface area contributed by atoms with E-state index in [-0.39, 0.29) is 11.3 Å². The molecular formula is C8H7BrO4. The maximum Gasteiger partial charge on any atom is 0.339 e. The van der Waals surface area contributed by atoms with Gasteiger partial charge in [0, 0.05) is 4.47 Å². The molecule has 0 heterocycles. The first-order valence-corrected chi connectivity index (χ1v) is 3.91. The molecule has 2 N–H and O–H groups in total. The minimum absolute atomic E-state index is 0.0978. The largest absolute Gasteiger partial charge is 0.507 e. The van der Waals surface area contributed by atoms with Crippen molar-refractivity contribution in [1.29, 1.82) is 0 Å². The van der Waals surface area contributed by atoms with Gasteiger partial charge in [0.25, 0.3) is 0 Å². The van der Waals surface area contributed by atoms with Gasteiger partial charge < -0.3 is 15.0 Å². The zero-order chi connectivity index (χ0) is 10.4. The number of benzene rings is 1. The van der Waals surface area contributed by atoms with Gasteiger partial charge >= 0.3 is 5.97 Å². The van der Waals surface area contributed by atoms with Gasteiger partial charge in [0.1, 0.15) is 18.1 Å². The van der Waals surface area contributed by atoms with E-state index in [0.717, 1.165) is 0 Å². The number of hydrogen-bond donors (Lipinski definition) is 2. The molecule has 1 rings (SSSR count). The maximum atomic E-state index is 10.4. The minimum Gasteiger partial charge on any atom is -0.507 e. The number of carbonyl (C=O) groups is 2. The van der Waals surface area contributed by atoms with Gasteiger partial charge in [0.15, 0.2) is 0 Å². The molecule has 0 radical (unpaired) electrons. The molecule has 4 nitrogen and oxygen atoms in total. The van der Waals surface area contributed by atoms with Gasteiger partial charge in [-0.2, -0.15) is 0 Å². The predicted molar refractivity (Wildman–Crippen MR) is 49.9 cm³/mol. The molecule has 0 bridgehead atoms. The summed E-state index contributed by atoms with van der Waals surface area (Å²) < 4.78 is 0.632. The molecule has 1 aromatic carbocycles. The summed E-state index contributed by atoms with van der Waals surface area (Å²) >= 11 is 3.09. The Kier molecular flexibility index (Phi) is 4.76. The second-order valence-electron chi connectivity index (χ2n) is 1.97. The van der Waals surface area contributed by atoms with Crippen LogP contribution in [0, 0.1) is 0 Å². The van der Waals surface area contributed by atoms with Gasteiger partial charge in [-0.25, -0.2) is 4.79 Å². The van der Waals surface area contributed by atoms with E-state index >= 15 is 0 Å². The van der Waals surface area contributed by atoms with Crippen molar-refractivity contribution >= 4 is 28.7 Å². The summed E-state index contributed by atoms with van der Waals surface area (Å²) in [4.78, 5) is 18.4. The molecule has 0 amide bonds. The van der Waals surface area contributed by atoms with E-state index in [9.17, 15) is 4.79 Å². The maximum absolute atomic E-state index is 10.4. The molecule has 1 aromatic rings. The average molecular weight is 247 g/mol. The fourth-order valence-corrected chi connectivity index (χ4v) is 1.04. The van der Waals surface area contributed by atoms with Gasteiger partial charge in [0.05, 0.1) is 0 Å². The van der Waals surface area contributed by atoms with Crippen LogP contribution in [0.3, 0.4) is 0 Å². The van der Waals surface area contributed by atoms with E-state index in [2.05, 4.69) is 15.9 Å².